The number of hydrogen-bond acceptors (Lipinski definition) is 2. The van der Waals surface area contributed by atoms with Crippen LogP contribution in [0.3, 0.4) is 0 Å². The maximum Gasteiger partial charge on any atom is 0.314 e. The summed E-state index contributed by atoms with van der Waals surface area (Å²) in [5.41, 5.74) is 2.80. The van der Waals surface area contributed by atoms with E-state index in [-0.39, 0.29) is 0 Å². The van der Waals surface area contributed by atoms with Crippen molar-refractivity contribution in [2.24, 2.45) is 0 Å². The lowest BCUT2D eigenvalue weighted by molar-refractivity contribution is -0.145. The van der Waals surface area contributed by atoms with E-state index in [2.05, 4.69) is 12.1 Å². The van der Waals surface area contributed by atoms with Gasteiger partial charge in [-0.25, -0.2) is 0 Å². The van der Waals surface area contributed by atoms with E-state index in [4.69, 9.17) is 4.74 Å². The van der Waals surface area contributed by atoms with Gasteiger partial charge in [0.25, 0.3) is 0 Å². The van der Waals surface area contributed by atoms with Crippen LogP contribution in [0.2, 0.25) is 0 Å². The molecule has 0 amide bonds. The van der Waals surface area contributed by atoms with Crippen LogP contribution in [0.15, 0.2) is 18.2 Å². The third-order valence-corrected chi connectivity index (χ3v) is 4.65. The minimum Gasteiger partial charge on any atom is -0.481 e. The number of ether oxygens (including phenoxy) is 1. The van der Waals surface area contributed by atoms with E-state index in [0.717, 1.165) is 50.7 Å². The molecule has 1 aromatic rings. The first-order valence-corrected chi connectivity index (χ1v) is 7.16. The van der Waals surface area contributed by atoms with E-state index >= 15 is 0 Å². The Morgan fingerprint density at radius 2 is 1.95 bits per heavy atom. The number of carboxylic acid groups (broad SMARTS) is 1. The summed E-state index contributed by atoms with van der Waals surface area (Å²) < 4.78 is 5.48. The smallest absolute Gasteiger partial charge is 0.314 e. The first kappa shape index (κ1) is 12.7. The van der Waals surface area contributed by atoms with Gasteiger partial charge < -0.3 is 9.84 Å². The van der Waals surface area contributed by atoms with Crippen LogP contribution >= 0.6 is 0 Å². The monoisotopic (exact) mass is 260 g/mol. The summed E-state index contributed by atoms with van der Waals surface area (Å²) in [5, 5.41) is 9.72. The average molecular weight is 260 g/mol. The Morgan fingerprint density at radius 3 is 2.68 bits per heavy atom. The zero-order chi connectivity index (χ0) is 13.3. The van der Waals surface area contributed by atoms with Gasteiger partial charge in [0.1, 0.15) is 0 Å². The predicted octanol–water partition coefficient (Wildman–Crippen LogP) is 3.05. The molecule has 0 radical (unpaired) electrons. The number of carboxylic acids is 1. The predicted molar refractivity (Wildman–Crippen MR) is 72.2 cm³/mol. The topological polar surface area (TPSA) is 46.5 Å². The van der Waals surface area contributed by atoms with Gasteiger partial charge in [-0.1, -0.05) is 37.5 Å². The molecule has 1 N–H and O–H groups in total. The van der Waals surface area contributed by atoms with Crippen LogP contribution in [-0.2, 0) is 28.0 Å². The first-order chi connectivity index (χ1) is 9.22. The summed E-state index contributed by atoms with van der Waals surface area (Å²) in [5.74, 6) is -0.663. The van der Waals surface area contributed by atoms with Gasteiger partial charge in [0.05, 0.1) is 18.6 Å². The van der Waals surface area contributed by atoms with Crippen LogP contribution in [-0.4, -0.2) is 17.7 Å². The molecule has 0 saturated heterocycles. The highest BCUT2D eigenvalue weighted by molar-refractivity contribution is 5.81. The third kappa shape index (κ3) is 2.16. The molecule has 0 unspecified atom stereocenters. The number of aliphatic carboxylic acids is 1. The van der Waals surface area contributed by atoms with Gasteiger partial charge >= 0.3 is 5.97 Å². The normalized spacial score (nSPS) is 21.7. The minimum absolute atomic E-state index is 0.624. The fraction of sp³-hybridized carbons (Fsp3) is 0.562. The molecular weight excluding hydrogens is 240 g/mol. The highest BCUT2D eigenvalue weighted by Gasteiger charge is 2.41. The molecule has 0 spiro atoms. The second-order valence-electron chi connectivity index (χ2n) is 5.73. The lowest BCUT2D eigenvalue weighted by Crippen LogP contribution is -2.38. The van der Waals surface area contributed by atoms with Crippen LogP contribution in [0.4, 0.5) is 0 Å². The summed E-state index contributed by atoms with van der Waals surface area (Å²) in [4.78, 5) is 11.8. The highest BCUT2D eigenvalue weighted by Crippen LogP contribution is 2.40. The maximum atomic E-state index is 11.8. The Morgan fingerprint density at radius 1 is 1.16 bits per heavy atom. The fourth-order valence-corrected chi connectivity index (χ4v) is 3.45. The third-order valence-electron chi connectivity index (χ3n) is 4.65. The van der Waals surface area contributed by atoms with Gasteiger partial charge in [0.2, 0.25) is 0 Å². The van der Waals surface area contributed by atoms with Crippen molar-refractivity contribution in [2.75, 3.05) is 6.61 Å². The van der Waals surface area contributed by atoms with E-state index in [1.807, 2.05) is 6.07 Å². The summed E-state index contributed by atoms with van der Waals surface area (Å²) in [7, 11) is 0. The van der Waals surface area contributed by atoms with Crippen molar-refractivity contribution in [3.63, 3.8) is 0 Å². The Labute approximate surface area is 113 Å². The molecule has 0 aromatic heterocycles. The lowest BCUT2D eigenvalue weighted by Gasteiger charge is -2.34. The van der Waals surface area contributed by atoms with Crippen LogP contribution in [0.5, 0.6) is 0 Å². The Balaban J connectivity index is 2.01. The van der Waals surface area contributed by atoms with Crippen LogP contribution < -0.4 is 0 Å². The summed E-state index contributed by atoms with van der Waals surface area (Å²) in [6, 6.07) is 6.21. The maximum absolute atomic E-state index is 11.8. The van der Waals surface area contributed by atoms with E-state index in [0.29, 0.717) is 6.61 Å². The van der Waals surface area contributed by atoms with Crippen molar-refractivity contribution in [3.8, 4) is 0 Å². The summed E-state index contributed by atoms with van der Waals surface area (Å²) >= 11 is 0. The molecule has 19 heavy (non-hydrogen) atoms. The number of carbonyl (C=O) groups is 1. The molecule has 102 valence electrons. The quantitative estimate of drug-likeness (QED) is 0.889. The van der Waals surface area contributed by atoms with E-state index in [9.17, 15) is 9.90 Å². The first-order valence-electron chi connectivity index (χ1n) is 7.16. The molecular formula is C16H20O3. The summed E-state index contributed by atoms with van der Waals surface area (Å²) in [6.07, 6.45) is 5.66. The largest absolute Gasteiger partial charge is 0.481 e. The average Bonchev–Trinajstić information content (AvgIpc) is 2.47. The molecule has 3 nitrogen and oxygen atoms in total. The Hall–Kier alpha value is -1.35. The molecule has 1 aliphatic carbocycles. The van der Waals surface area contributed by atoms with Crippen molar-refractivity contribution in [1.29, 1.82) is 0 Å². The van der Waals surface area contributed by atoms with Crippen molar-refractivity contribution < 1.29 is 14.6 Å². The van der Waals surface area contributed by atoms with E-state index in [1.165, 1.54) is 11.1 Å². The molecule has 3 heteroatoms. The lowest BCUT2D eigenvalue weighted by atomic mass is 9.69. The molecule has 0 atom stereocenters. The fourth-order valence-electron chi connectivity index (χ4n) is 3.45. The molecule has 1 saturated carbocycles. The number of benzene rings is 1. The molecule has 1 heterocycles. The van der Waals surface area contributed by atoms with Gasteiger partial charge in [-0.15, -0.1) is 0 Å². The number of fused-ring (bicyclic) bond motifs is 1. The van der Waals surface area contributed by atoms with Crippen molar-refractivity contribution >= 4 is 5.97 Å². The van der Waals surface area contributed by atoms with Gasteiger partial charge in [-0.3, -0.25) is 4.79 Å². The van der Waals surface area contributed by atoms with Crippen molar-refractivity contribution in [1.82, 2.24) is 0 Å². The van der Waals surface area contributed by atoms with E-state index in [1.54, 1.807) is 0 Å². The SMILES string of the molecule is O=C(O)C1(c2ccc3c(c2)COCC3)CCCCC1. The Kier molecular flexibility index (Phi) is 3.31. The second-order valence-corrected chi connectivity index (χ2v) is 5.73. The van der Waals surface area contributed by atoms with Gasteiger partial charge in [-0.05, 0) is 36.0 Å². The van der Waals surface area contributed by atoms with E-state index < -0.39 is 11.4 Å². The summed E-state index contributed by atoms with van der Waals surface area (Å²) in [6.45, 7) is 1.40. The number of rotatable bonds is 2. The van der Waals surface area contributed by atoms with Gasteiger partial charge in [0.15, 0.2) is 0 Å². The molecule has 1 aliphatic heterocycles. The molecule has 0 bridgehead atoms. The van der Waals surface area contributed by atoms with Gasteiger partial charge in [0, 0.05) is 0 Å². The molecule has 1 aromatic carbocycles. The van der Waals surface area contributed by atoms with Crippen molar-refractivity contribution in [2.45, 2.75) is 50.5 Å². The minimum atomic E-state index is -0.663. The second kappa shape index (κ2) is 4.97. The Bertz CT molecular complexity index is 487. The highest BCUT2D eigenvalue weighted by atomic mass is 16.5. The zero-order valence-electron chi connectivity index (χ0n) is 11.2. The van der Waals surface area contributed by atoms with Crippen LogP contribution in [0.1, 0.15) is 48.8 Å². The van der Waals surface area contributed by atoms with Gasteiger partial charge in [-0.2, -0.15) is 0 Å². The molecule has 3 rings (SSSR count). The molecule has 2 aliphatic rings. The van der Waals surface area contributed by atoms with Crippen LogP contribution in [0, 0.1) is 0 Å². The zero-order valence-corrected chi connectivity index (χ0v) is 11.2. The number of hydrogen-bond donors (Lipinski definition) is 1. The van der Waals surface area contributed by atoms with Crippen molar-refractivity contribution in [3.05, 3.63) is 34.9 Å². The molecule has 1 fully saturated rings. The van der Waals surface area contributed by atoms with Crippen LogP contribution in [0.25, 0.3) is 0 Å². The standard InChI is InChI=1S/C16H20O3/c17-15(18)16(7-2-1-3-8-16)14-5-4-12-6-9-19-11-13(12)10-14/h4-5,10H,1-3,6-9,11H2,(H,17,18).